The number of hydrogen-bond acceptors (Lipinski definition) is 1. The van der Waals surface area contributed by atoms with Gasteiger partial charge in [0.05, 0.1) is 0 Å². The van der Waals surface area contributed by atoms with Crippen LogP contribution >= 0.6 is 0 Å². The fraction of sp³-hybridized carbons (Fsp3) is 1.00. The Bertz CT molecular complexity index is 107. The first-order valence-electron chi connectivity index (χ1n) is 4.11. The molecule has 0 spiro atoms. The van der Waals surface area contributed by atoms with Gasteiger partial charge in [-0.3, -0.25) is 0 Å². The molecule has 1 saturated carbocycles. The van der Waals surface area contributed by atoms with Crippen LogP contribution in [0.1, 0.15) is 26.2 Å². The minimum Gasteiger partial charge on any atom is -0.313 e. The Hall–Kier alpha value is -0.0400. The van der Waals surface area contributed by atoms with Crippen LogP contribution in [0.5, 0.6) is 0 Å². The Balaban J connectivity index is 1.93. The molecular formula is C8H15N. The van der Waals surface area contributed by atoms with Crippen LogP contribution in [0.3, 0.4) is 0 Å². The molecule has 52 valence electrons. The van der Waals surface area contributed by atoms with E-state index in [1.54, 1.807) is 0 Å². The molecule has 2 fully saturated rings. The van der Waals surface area contributed by atoms with Crippen molar-refractivity contribution in [2.75, 3.05) is 6.54 Å². The molecule has 1 N–H and O–H groups in total. The van der Waals surface area contributed by atoms with Crippen LogP contribution in [0.25, 0.3) is 0 Å². The highest BCUT2D eigenvalue weighted by Gasteiger charge is 2.36. The van der Waals surface area contributed by atoms with Crippen LogP contribution in [-0.4, -0.2) is 12.6 Å². The van der Waals surface area contributed by atoms with Gasteiger partial charge in [-0.15, -0.1) is 0 Å². The van der Waals surface area contributed by atoms with Gasteiger partial charge in [-0.25, -0.2) is 0 Å². The van der Waals surface area contributed by atoms with Crippen molar-refractivity contribution in [3.8, 4) is 0 Å². The molecule has 2 unspecified atom stereocenters. The second-order valence-electron chi connectivity index (χ2n) is 3.58. The average molecular weight is 125 g/mol. The third kappa shape index (κ3) is 0.983. The van der Waals surface area contributed by atoms with E-state index in [2.05, 4.69) is 12.2 Å². The summed E-state index contributed by atoms with van der Waals surface area (Å²) in [6, 6.07) is 0.894. The molecule has 0 aromatic rings. The summed E-state index contributed by atoms with van der Waals surface area (Å²) in [5.41, 5.74) is 0. The predicted molar refractivity (Wildman–Crippen MR) is 38.3 cm³/mol. The molecule has 1 aliphatic carbocycles. The lowest BCUT2D eigenvalue weighted by Gasteiger charge is -2.13. The van der Waals surface area contributed by atoms with Crippen LogP contribution in [0, 0.1) is 11.8 Å². The molecule has 0 amide bonds. The lowest BCUT2D eigenvalue weighted by molar-refractivity contribution is 0.435. The molecule has 0 aromatic heterocycles. The highest BCUT2D eigenvalue weighted by Crippen LogP contribution is 2.38. The molecule has 2 atom stereocenters. The summed E-state index contributed by atoms with van der Waals surface area (Å²) in [7, 11) is 0. The first-order chi connectivity index (χ1) is 4.38. The maximum absolute atomic E-state index is 3.57. The fourth-order valence-electron chi connectivity index (χ4n) is 1.95. The maximum Gasteiger partial charge on any atom is 0.0121 e. The van der Waals surface area contributed by atoms with E-state index in [-0.39, 0.29) is 0 Å². The van der Waals surface area contributed by atoms with Gasteiger partial charge in [-0.05, 0) is 37.6 Å². The van der Waals surface area contributed by atoms with E-state index in [1.165, 1.54) is 25.8 Å². The van der Waals surface area contributed by atoms with Crippen molar-refractivity contribution in [2.45, 2.75) is 32.2 Å². The zero-order chi connectivity index (χ0) is 6.27. The van der Waals surface area contributed by atoms with Gasteiger partial charge < -0.3 is 5.32 Å². The topological polar surface area (TPSA) is 12.0 Å². The number of nitrogens with one attached hydrogen (secondary N) is 1. The van der Waals surface area contributed by atoms with Gasteiger partial charge >= 0.3 is 0 Å². The Morgan fingerprint density at radius 2 is 2.00 bits per heavy atom. The predicted octanol–water partition coefficient (Wildman–Crippen LogP) is 1.39. The highest BCUT2D eigenvalue weighted by atomic mass is 15.0. The van der Waals surface area contributed by atoms with Gasteiger partial charge in [0.25, 0.3) is 0 Å². The highest BCUT2D eigenvalue weighted by molar-refractivity contribution is 4.92. The van der Waals surface area contributed by atoms with Crippen molar-refractivity contribution in [1.29, 1.82) is 0 Å². The van der Waals surface area contributed by atoms with Gasteiger partial charge in [0.15, 0.2) is 0 Å². The van der Waals surface area contributed by atoms with Crippen molar-refractivity contribution >= 4 is 0 Å². The molecule has 0 aromatic carbocycles. The smallest absolute Gasteiger partial charge is 0.0121 e. The second kappa shape index (κ2) is 1.98. The fourth-order valence-corrected chi connectivity index (χ4v) is 1.95. The third-order valence-electron chi connectivity index (χ3n) is 2.72. The second-order valence-corrected chi connectivity index (χ2v) is 3.58. The minimum atomic E-state index is 0.894. The first kappa shape index (κ1) is 5.72. The Kier molecular flexibility index (Phi) is 1.26. The molecular weight excluding hydrogens is 110 g/mol. The number of rotatable bonds is 1. The SMILES string of the molecule is CC1CCNC1C1CC1. The monoisotopic (exact) mass is 125 g/mol. The lowest BCUT2D eigenvalue weighted by atomic mass is 10.00. The summed E-state index contributed by atoms with van der Waals surface area (Å²) in [6.07, 6.45) is 4.38. The van der Waals surface area contributed by atoms with Gasteiger partial charge in [0.1, 0.15) is 0 Å². The Morgan fingerprint density at radius 1 is 1.22 bits per heavy atom. The number of hydrogen-bond donors (Lipinski definition) is 1. The molecule has 2 aliphatic rings. The van der Waals surface area contributed by atoms with Crippen molar-refractivity contribution in [1.82, 2.24) is 5.32 Å². The normalized spacial score (nSPS) is 43.7. The molecule has 2 rings (SSSR count). The molecule has 9 heavy (non-hydrogen) atoms. The zero-order valence-electron chi connectivity index (χ0n) is 6.06. The summed E-state index contributed by atoms with van der Waals surface area (Å²) in [5.74, 6) is 2.01. The largest absolute Gasteiger partial charge is 0.313 e. The van der Waals surface area contributed by atoms with Gasteiger partial charge in [0, 0.05) is 6.04 Å². The molecule has 0 radical (unpaired) electrons. The van der Waals surface area contributed by atoms with E-state index in [1.807, 2.05) is 0 Å². The van der Waals surface area contributed by atoms with Crippen LogP contribution in [0.4, 0.5) is 0 Å². The van der Waals surface area contributed by atoms with Crippen molar-refractivity contribution in [2.24, 2.45) is 11.8 Å². The van der Waals surface area contributed by atoms with E-state index < -0.39 is 0 Å². The summed E-state index contributed by atoms with van der Waals surface area (Å²) < 4.78 is 0. The quantitative estimate of drug-likeness (QED) is 0.558. The van der Waals surface area contributed by atoms with Crippen LogP contribution in [0.2, 0.25) is 0 Å². The molecule has 0 bridgehead atoms. The van der Waals surface area contributed by atoms with Crippen LogP contribution < -0.4 is 5.32 Å². The summed E-state index contributed by atoms with van der Waals surface area (Å²) in [6.45, 7) is 3.64. The van der Waals surface area contributed by atoms with Crippen molar-refractivity contribution in [3.63, 3.8) is 0 Å². The molecule has 1 aliphatic heterocycles. The Labute approximate surface area is 56.8 Å². The maximum atomic E-state index is 3.57. The van der Waals surface area contributed by atoms with Gasteiger partial charge in [-0.2, -0.15) is 0 Å². The van der Waals surface area contributed by atoms with E-state index in [4.69, 9.17) is 0 Å². The minimum absolute atomic E-state index is 0.894. The first-order valence-corrected chi connectivity index (χ1v) is 4.11. The average Bonchev–Trinajstić information content (AvgIpc) is 2.58. The third-order valence-corrected chi connectivity index (χ3v) is 2.72. The van der Waals surface area contributed by atoms with E-state index in [9.17, 15) is 0 Å². The standard InChI is InChI=1S/C8H15N/c1-6-4-5-9-8(6)7-2-3-7/h6-9H,2-5H2,1H3. The van der Waals surface area contributed by atoms with Gasteiger partial charge in [-0.1, -0.05) is 6.92 Å². The molecule has 1 saturated heterocycles. The summed E-state index contributed by atoms with van der Waals surface area (Å²) in [4.78, 5) is 0. The lowest BCUT2D eigenvalue weighted by Crippen LogP contribution is -2.27. The summed E-state index contributed by atoms with van der Waals surface area (Å²) >= 11 is 0. The van der Waals surface area contributed by atoms with Crippen LogP contribution in [-0.2, 0) is 0 Å². The van der Waals surface area contributed by atoms with Crippen molar-refractivity contribution in [3.05, 3.63) is 0 Å². The van der Waals surface area contributed by atoms with E-state index >= 15 is 0 Å². The van der Waals surface area contributed by atoms with Gasteiger partial charge in [0.2, 0.25) is 0 Å². The molecule has 1 heterocycles. The van der Waals surface area contributed by atoms with E-state index in [0.29, 0.717) is 0 Å². The van der Waals surface area contributed by atoms with E-state index in [0.717, 1.165) is 17.9 Å². The Morgan fingerprint density at radius 3 is 2.44 bits per heavy atom. The summed E-state index contributed by atoms with van der Waals surface area (Å²) in [5, 5.41) is 3.57. The zero-order valence-corrected chi connectivity index (χ0v) is 6.06. The van der Waals surface area contributed by atoms with Crippen LogP contribution in [0.15, 0.2) is 0 Å². The molecule has 1 nitrogen and oxygen atoms in total. The molecule has 1 heteroatoms. The van der Waals surface area contributed by atoms with Crippen molar-refractivity contribution < 1.29 is 0 Å².